The van der Waals surface area contributed by atoms with Gasteiger partial charge >= 0.3 is 0 Å². The summed E-state index contributed by atoms with van der Waals surface area (Å²) in [6.45, 7) is 2.01. The van der Waals surface area contributed by atoms with E-state index in [0.717, 1.165) is 5.56 Å². The Morgan fingerprint density at radius 2 is 1.85 bits per heavy atom. The predicted molar refractivity (Wildman–Crippen MR) is 132 cm³/mol. The van der Waals surface area contributed by atoms with Gasteiger partial charge in [-0.25, -0.2) is 0 Å². The lowest BCUT2D eigenvalue weighted by Crippen LogP contribution is -2.14. The van der Waals surface area contributed by atoms with Gasteiger partial charge in [0.25, 0.3) is 5.91 Å². The maximum Gasteiger partial charge on any atom is 0.266 e. The quantitative estimate of drug-likeness (QED) is 0.277. The fraction of sp³-hybridized carbons (Fsp3) is 0.120. The Balaban J connectivity index is 1.84. The van der Waals surface area contributed by atoms with Crippen molar-refractivity contribution in [3.8, 4) is 17.6 Å². The lowest BCUT2D eigenvalue weighted by molar-refractivity contribution is -0.112. The molecule has 1 N–H and O–H groups in total. The van der Waals surface area contributed by atoms with E-state index >= 15 is 0 Å². The highest BCUT2D eigenvalue weighted by Gasteiger charge is 2.15. The first kappa shape index (κ1) is 24.5. The van der Waals surface area contributed by atoms with Crippen LogP contribution in [0.3, 0.4) is 0 Å². The zero-order valence-corrected chi connectivity index (χ0v) is 20.1. The monoisotopic (exact) mass is 500 g/mol. The van der Waals surface area contributed by atoms with Gasteiger partial charge in [0.15, 0.2) is 11.5 Å². The number of nitrogens with one attached hydrogen (secondary N) is 1. The average Bonchev–Trinajstić information content (AvgIpc) is 2.79. The number of halogens is 3. The molecule has 0 saturated heterocycles. The van der Waals surface area contributed by atoms with Crippen molar-refractivity contribution in [2.75, 3.05) is 12.4 Å². The maximum absolute atomic E-state index is 12.7. The summed E-state index contributed by atoms with van der Waals surface area (Å²) in [5.74, 6) is 0.132. The summed E-state index contributed by atoms with van der Waals surface area (Å²) in [5.41, 5.74) is 2.48. The van der Waals surface area contributed by atoms with E-state index in [9.17, 15) is 10.1 Å². The highest BCUT2D eigenvalue weighted by Crippen LogP contribution is 2.37. The van der Waals surface area contributed by atoms with E-state index in [-0.39, 0.29) is 17.2 Å². The zero-order chi connectivity index (χ0) is 24.0. The van der Waals surface area contributed by atoms with E-state index < -0.39 is 5.91 Å². The minimum absolute atomic E-state index is 0.111. The highest BCUT2D eigenvalue weighted by molar-refractivity contribution is 6.32. The van der Waals surface area contributed by atoms with Crippen molar-refractivity contribution < 1.29 is 14.3 Å². The number of carbonyl (C=O) groups is 1. The van der Waals surface area contributed by atoms with Gasteiger partial charge in [0.2, 0.25) is 0 Å². The van der Waals surface area contributed by atoms with Gasteiger partial charge in [0, 0.05) is 15.7 Å². The van der Waals surface area contributed by atoms with Gasteiger partial charge in [-0.2, -0.15) is 5.26 Å². The second-order valence-corrected chi connectivity index (χ2v) is 8.24. The van der Waals surface area contributed by atoms with Gasteiger partial charge in [-0.1, -0.05) is 53.0 Å². The third kappa shape index (κ3) is 6.21. The van der Waals surface area contributed by atoms with Crippen LogP contribution in [0.25, 0.3) is 6.08 Å². The second kappa shape index (κ2) is 11.1. The van der Waals surface area contributed by atoms with Crippen molar-refractivity contribution in [2.45, 2.75) is 13.5 Å². The fourth-order valence-corrected chi connectivity index (χ4v) is 3.65. The summed E-state index contributed by atoms with van der Waals surface area (Å²) in [5, 5.41) is 13.6. The third-order valence-electron chi connectivity index (χ3n) is 4.72. The van der Waals surface area contributed by atoms with Crippen LogP contribution in [0.1, 0.15) is 16.7 Å². The van der Waals surface area contributed by atoms with Crippen LogP contribution in [-0.2, 0) is 11.4 Å². The molecular formula is C25H19Cl3N2O3. The molecule has 0 heterocycles. The Morgan fingerprint density at radius 1 is 1.09 bits per heavy atom. The molecule has 3 aromatic carbocycles. The molecule has 168 valence electrons. The molecule has 0 aliphatic rings. The number of amides is 1. The Bertz CT molecular complexity index is 1270. The van der Waals surface area contributed by atoms with Crippen LogP contribution in [0.4, 0.5) is 5.69 Å². The number of methoxy groups -OCH3 is 1. The van der Waals surface area contributed by atoms with Gasteiger partial charge in [-0.15, -0.1) is 0 Å². The van der Waals surface area contributed by atoms with E-state index in [0.29, 0.717) is 38.4 Å². The number of ether oxygens (including phenoxy) is 2. The summed E-state index contributed by atoms with van der Waals surface area (Å²) in [6.07, 6.45) is 1.42. The van der Waals surface area contributed by atoms with Crippen LogP contribution in [0, 0.1) is 18.3 Å². The molecule has 3 rings (SSSR count). The first-order valence-electron chi connectivity index (χ1n) is 9.75. The Labute approximate surface area is 207 Å². The van der Waals surface area contributed by atoms with Crippen LogP contribution >= 0.6 is 34.8 Å². The number of benzene rings is 3. The van der Waals surface area contributed by atoms with Crippen LogP contribution in [0.2, 0.25) is 15.1 Å². The van der Waals surface area contributed by atoms with Gasteiger partial charge in [0.1, 0.15) is 18.2 Å². The van der Waals surface area contributed by atoms with E-state index in [1.807, 2.05) is 18.2 Å². The SMILES string of the molecule is COc1cc(/C=C(\C#N)C(=O)Nc2cccc(Cl)c2C)cc(Cl)c1OCc1cccc(Cl)c1. The van der Waals surface area contributed by atoms with E-state index in [4.69, 9.17) is 44.3 Å². The summed E-state index contributed by atoms with van der Waals surface area (Å²) >= 11 is 18.5. The number of hydrogen-bond donors (Lipinski definition) is 1. The van der Waals surface area contributed by atoms with Crippen molar-refractivity contribution >= 4 is 52.5 Å². The lowest BCUT2D eigenvalue weighted by atomic mass is 10.1. The Morgan fingerprint density at radius 3 is 2.55 bits per heavy atom. The number of nitriles is 1. The molecule has 3 aromatic rings. The standard InChI is InChI=1S/C25H19Cl3N2O3/c1-15-20(27)7-4-8-22(15)30-25(31)18(13-29)9-17-11-21(28)24(23(12-17)32-2)33-14-16-5-3-6-19(26)10-16/h3-12H,14H2,1-2H3,(H,30,31)/b18-9+. The number of carbonyl (C=O) groups excluding carboxylic acids is 1. The van der Waals surface area contributed by atoms with Crippen molar-refractivity contribution in [2.24, 2.45) is 0 Å². The molecule has 33 heavy (non-hydrogen) atoms. The van der Waals surface area contributed by atoms with Crippen molar-refractivity contribution in [3.63, 3.8) is 0 Å². The first-order valence-corrected chi connectivity index (χ1v) is 10.9. The van der Waals surface area contributed by atoms with Crippen LogP contribution in [0.5, 0.6) is 11.5 Å². The van der Waals surface area contributed by atoms with Crippen molar-refractivity contribution in [1.29, 1.82) is 5.26 Å². The molecule has 0 radical (unpaired) electrons. The molecule has 0 aliphatic heterocycles. The van der Waals surface area contributed by atoms with Crippen molar-refractivity contribution in [3.05, 3.63) is 91.9 Å². The number of anilines is 1. The van der Waals surface area contributed by atoms with Gasteiger partial charge in [-0.05, 0) is 66.1 Å². The normalized spacial score (nSPS) is 11.0. The highest BCUT2D eigenvalue weighted by atomic mass is 35.5. The molecule has 0 unspecified atom stereocenters. The van der Waals surface area contributed by atoms with Crippen molar-refractivity contribution in [1.82, 2.24) is 0 Å². The second-order valence-electron chi connectivity index (χ2n) is 6.99. The lowest BCUT2D eigenvalue weighted by Gasteiger charge is -2.14. The van der Waals surface area contributed by atoms with Crippen LogP contribution in [0.15, 0.2) is 60.2 Å². The zero-order valence-electron chi connectivity index (χ0n) is 17.8. The largest absolute Gasteiger partial charge is 0.493 e. The Kier molecular flexibility index (Phi) is 8.24. The summed E-state index contributed by atoms with van der Waals surface area (Å²) < 4.78 is 11.3. The summed E-state index contributed by atoms with van der Waals surface area (Å²) in [6, 6.07) is 17.6. The molecule has 0 saturated carbocycles. The molecule has 0 atom stereocenters. The molecule has 1 amide bonds. The smallest absolute Gasteiger partial charge is 0.266 e. The van der Waals surface area contributed by atoms with Gasteiger partial charge < -0.3 is 14.8 Å². The predicted octanol–water partition coefficient (Wildman–Crippen LogP) is 7.09. The number of rotatable bonds is 7. The van der Waals surface area contributed by atoms with Gasteiger partial charge in [0.05, 0.1) is 12.1 Å². The molecule has 0 fully saturated rings. The maximum atomic E-state index is 12.7. The Hall–Kier alpha value is -3.17. The summed E-state index contributed by atoms with van der Waals surface area (Å²) in [7, 11) is 1.48. The molecule has 0 spiro atoms. The average molecular weight is 502 g/mol. The van der Waals surface area contributed by atoms with Crippen LogP contribution < -0.4 is 14.8 Å². The third-order valence-corrected chi connectivity index (χ3v) is 5.64. The molecule has 0 aliphatic carbocycles. The number of nitrogens with zero attached hydrogens (tertiary/aromatic N) is 1. The molecule has 0 aromatic heterocycles. The fourth-order valence-electron chi connectivity index (χ4n) is 2.99. The summed E-state index contributed by atoms with van der Waals surface area (Å²) in [4.78, 5) is 12.7. The number of hydrogen-bond acceptors (Lipinski definition) is 4. The van der Waals surface area contributed by atoms with E-state index in [2.05, 4.69) is 5.32 Å². The minimum Gasteiger partial charge on any atom is -0.493 e. The van der Waals surface area contributed by atoms with E-state index in [1.165, 1.54) is 13.2 Å². The molecule has 5 nitrogen and oxygen atoms in total. The topological polar surface area (TPSA) is 71.3 Å². The first-order chi connectivity index (χ1) is 15.8. The molecule has 0 bridgehead atoms. The molecular weight excluding hydrogens is 483 g/mol. The minimum atomic E-state index is -0.570. The van der Waals surface area contributed by atoms with E-state index in [1.54, 1.807) is 49.4 Å². The molecule has 8 heteroatoms. The van der Waals surface area contributed by atoms with Gasteiger partial charge in [-0.3, -0.25) is 4.79 Å². The van der Waals surface area contributed by atoms with Crippen LogP contribution in [-0.4, -0.2) is 13.0 Å².